The molecule has 0 radical (unpaired) electrons. The van der Waals surface area contributed by atoms with E-state index in [0.717, 1.165) is 49.2 Å². The van der Waals surface area contributed by atoms with E-state index in [-0.39, 0.29) is 11.6 Å². The lowest BCUT2D eigenvalue weighted by molar-refractivity contribution is 0.198. The van der Waals surface area contributed by atoms with Gasteiger partial charge in [0.1, 0.15) is 0 Å². The van der Waals surface area contributed by atoms with E-state index in [1.54, 1.807) is 13.2 Å². The fraction of sp³-hybridized carbons (Fsp3) is 0.588. The van der Waals surface area contributed by atoms with Crippen LogP contribution in [-0.2, 0) is 10.3 Å². The highest BCUT2D eigenvalue weighted by Gasteiger charge is 2.39. The second kappa shape index (κ2) is 5.90. The maximum atomic E-state index is 10.7. The van der Waals surface area contributed by atoms with E-state index in [4.69, 9.17) is 9.47 Å². The Morgan fingerprint density at radius 2 is 1.95 bits per heavy atom. The van der Waals surface area contributed by atoms with Crippen LogP contribution in [-0.4, -0.2) is 19.3 Å². The summed E-state index contributed by atoms with van der Waals surface area (Å²) in [4.78, 5) is 14.8. The third kappa shape index (κ3) is 2.68. The van der Waals surface area contributed by atoms with Gasteiger partial charge in [0.15, 0.2) is 11.5 Å². The Kier molecular flexibility index (Phi) is 3.98. The van der Waals surface area contributed by atoms with E-state index < -0.39 is 0 Å². The van der Waals surface area contributed by atoms with Crippen LogP contribution in [0.1, 0.15) is 50.5 Å². The lowest BCUT2D eigenvalue weighted by atomic mass is 9.72. The molecule has 2 aliphatic rings. The van der Waals surface area contributed by atoms with Gasteiger partial charge in [0.25, 0.3) is 0 Å². The quantitative estimate of drug-likeness (QED) is 0.612. The summed E-state index contributed by atoms with van der Waals surface area (Å²) in [6.45, 7) is 0. The van der Waals surface area contributed by atoms with Gasteiger partial charge in [0.05, 0.1) is 18.8 Å². The molecule has 2 aliphatic carbocycles. The summed E-state index contributed by atoms with van der Waals surface area (Å²) >= 11 is 0. The second-order valence-electron chi connectivity index (χ2n) is 5.98. The van der Waals surface area contributed by atoms with Crippen LogP contribution in [0.2, 0.25) is 0 Å². The smallest absolute Gasteiger partial charge is 0.235 e. The molecule has 1 aromatic rings. The predicted octanol–water partition coefficient (Wildman–Crippen LogP) is 3.73. The van der Waals surface area contributed by atoms with Crippen molar-refractivity contribution in [3.63, 3.8) is 0 Å². The Bertz CT molecular complexity index is 553. The number of rotatable bonds is 5. The molecule has 0 aliphatic heterocycles. The molecule has 0 unspecified atom stereocenters. The highest BCUT2D eigenvalue weighted by atomic mass is 16.5. The molecule has 0 bridgehead atoms. The van der Waals surface area contributed by atoms with Gasteiger partial charge in [-0.25, -0.2) is 4.79 Å². The van der Waals surface area contributed by atoms with Gasteiger partial charge in [-0.05, 0) is 62.6 Å². The Labute approximate surface area is 125 Å². The maximum absolute atomic E-state index is 10.7. The summed E-state index contributed by atoms with van der Waals surface area (Å²) in [7, 11) is 1.65. The zero-order chi connectivity index (χ0) is 14.7. The standard InChI is InChI=1S/C17H21NO3/c1-20-15-8-7-13(17(18-12-19)9-4-10-17)11-16(15)21-14-5-2-3-6-14/h7-8,11,14H,2-6,9-10H2,1H3. The highest BCUT2D eigenvalue weighted by Crippen LogP contribution is 2.47. The zero-order valence-corrected chi connectivity index (χ0v) is 12.4. The predicted molar refractivity (Wildman–Crippen MR) is 79.5 cm³/mol. The zero-order valence-electron chi connectivity index (χ0n) is 12.4. The van der Waals surface area contributed by atoms with Crippen molar-refractivity contribution in [3.05, 3.63) is 23.8 Å². The van der Waals surface area contributed by atoms with Crippen molar-refractivity contribution >= 4 is 6.08 Å². The second-order valence-corrected chi connectivity index (χ2v) is 5.98. The van der Waals surface area contributed by atoms with Crippen LogP contribution in [0.5, 0.6) is 11.5 Å². The van der Waals surface area contributed by atoms with E-state index in [9.17, 15) is 4.79 Å². The minimum atomic E-state index is -0.387. The van der Waals surface area contributed by atoms with Gasteiger partial charge < -0.3 is 9.47 Å². The Morgan fingerprint density at radius 1 is 1.19 bits per heavy atom. The molecule has 2 saturated carbocycles. The van der Waals surface area contributed by atoms with Crippen molar-refractivity contribution in [2.75, 3.05) is 7.11 Å². The molecule has 0 amide bonds. The van der Waals surface area contributed by atoms with Gasteiger partial charge in [0, 0.05) is 0 Å². The number of methoxy groups -OCH3 is 1. The molecule has 4 nitrogen and oxygen atoms in total. The molecular weight excluding hydrogens is 266 g/mol. The lowest BCUT2D eigenvalue weighted by Crippen LogP contribution is -2.31. The average molecular weight is 287 g/mol. The van der Waals surface area contributed by atoms with Crippen LogP contribution in [0.25, 0.3) is 0 Å². The van der Waals surface area contributed by atoms with Gasteiger partial charge in [-0.15, -0.1) is 0 Å². The highest BCUT2D eigenvalue weighted by molar-refractivity contribution is 5.47. The van der Waals surface area contributed by atoms with Crippen molar-refractivity contribution in [1.82, 2.24) is 0 Å². The maximum Gasteiger partial charge on any atom is 0.235 e. The lowest BCUT2D eigenvalue weighted by Gasteiger charge is -2.37. The number of hydrogen-bond donors (Lipinski definition) is 0. The molecule has 0 saturated heterocycles. The Morgan fingerprint density at radius 3 is 2.52 bits per heavy atom. The van der Waals surface area contributed by atoms with Gasteiger partial charge in [-0.1, -0.05) is 6.07 Å². The van der Waals surface area contributed by atoms with Gasteiger partial charge in [-0.3, -0.25) is 0 Å². The topological polar surface area (TPSA) is 47.9 Å². The summed E-state index contributed by atoms with van der Waals surface area (Å²) in [5, 5.41) is 0. The van der Waals surface area contributed by atoms with Gasteiger partial charge in [0.2, 0.25) is 6.08 Å². The first kappa shape index (κ1) is 14.2. The number of benzene rings is 1. The molecule has 0 aromatic heterocycles. The molecule has 112 valence electrons. The monoisotopic (exact) mass is 287 g/mol. The summed E-state index contributed by atoms with van der Waals surface area (Å²) in [5.41, 5.74) is 0.646. The number of aliphatic imine (C=N–C) groups is 1. The molecule has 0 atom stereocenters. The molecule has 0 N–H and O–H groups in total. The first-order chi connectivity index (χ1) is 10.3. The largest absolute Gasteiger partial charge is 0.493 e. The summed E-state index contributed by atoms with van der Waals surface area (Å²) in [5.74, 6) is 1.52. The van der Waals surface area contributed by atoms with E-state index >= 15 is 0 Å². The van der Waals surface area contributed by atoms with Crippen LogP contribution in [0.4, 0.5) is 0 Å². The van der Waals surface area contributed by atoms with Crippen molar-refractivity contribution in [2.45, 2.75) is 56.6 Å². The van der Waals surface area contributed by atoms with Crippen LogP contribution in [0, 0.1) is 0 Å². The third-order valence-corrected chi connectivity index (χ3v) is 4.74. The molecule has 21 heavy (non-hydrogen) atoms. The number of isocyanates is 1. The number of nitrogens with zero attached hydrogens (tertiary/aromatic N) is 1. The number of ether oxygens (including phenoxy) is 2. The van der Waals surface area contributed by atoms with E-state index in [0.29, 0.717) is 0 Å². The molecule has 0 spiro atoms. The fourth-order valence-electron chi connectivity index (χ4n) is 3.31. The van der Waals surface area contributed by atoms with Crippen molar-refractivity contribution in [1.29, 1.82) is 0 Å². The van der Waals surface area contributed by atoms with Gasteiger partial charge in [-0.2, -0.15) is 4.99 Å². The Hall–Kier alpha value is -1.80. The number of hydrogen-bond acceptors (Lipinski definition) is 4. The normalized spacial score (nSPS) is 20.4. The van der Waals surface area contributed by atoms with E-state index in [1.165, 1.54) is 12.8 Å². The van der Waals surface area contributed by atoms with Crippen LogP contribution in [0.15, 0.2) is 23.2 Å². The molecule has 0 heterocycles. The van der Waals surface area contributed by atoms with Gasteiger partial charge >= 0.3 is 0 Å². The first-order valence-corrected chi connectivity index (χ1v) is 7.72. The summed E-state index contributed by atoms with van der Waals surface area (Å²) in [6, 6.07) is 5.90. The minimum absolute atomic E-state index is 0.279. The molecule has 3 rings (SSSR count). The minimum Gasteiger partial charge on any atom is -0.493 e. The molecule has 1 aromatic carbocycles. The van der Waals surface area contributed by atoms with Crippen LogP contribution < -0.4 is 9.47 Å². The van der Waals surface area contributed by atoms with Crippen LogP contribution in [0.3, 0.4) is 0 Å². The SMILES string of the molecule is COc1ccc(C2(N=C=O)CCC2)cc1OC1CCCC1. The summed E-state index contributed by atoms with van der Waals surface area (Å²) in [6.07, 6.45) is 9.57. The molecule has 4 heteroatoms. The number of carbonyl (C=O) groups excluding carboxylic acids is 1. The molecule has 2 fully saturated rings. The average Bonchev–Trinajstić information content (AvgIpc) is 2.96. The first-order valence-electron chi connectivity index (χ1n) is 7.72. The van der Waals surface area contributed by atoms with Crippen molar-refractivity contribution in [2.24, 2.45) is 4.99 Å². The van der Waals surface area contributed by atoms with Crippen molar-refractivity contribution < 1.29 is 14.3 Å². The fourth-order valence-corrected chi connectivity index (χ4v) is 3.31. The third-order valence-electron chi connectivity index (χ3n) is 4.74. The Balaban J connectivity index is 1.90. The summed E-state index contributed by atoms with van der Waals surface area (Å²) < 4.78 is 11.5. The van der Waals surface area contributed by atoms with E-state index in [1.807, 2.05) is 18.2 Å². The van der Waals surface area contributed by atoms with E-state index in [2.05, 4.69) is 4.99 Å². The van der Waals surface area contributed by atoms with Crippen molar-refractivity contribution in [3.8, 4) is 11.5 Å². The van der Waals surface area contributed by atoms with Crippen LogP contribution >= 0.6 is 0 Å². The molecular formula is C17H21NO3.